The van der Waals surface area contributed by atoms with E-state index in [-0.39, 0.29) is 40.3 Å². The molecule has 1 N–H and O–H groups in total. The maximum absolute atomic E-state index is 13.1. The van der Waals surface area contributed by atoms with Crippen LogP contribution in [0.4, 0.5) is 11.4 Å². The van der Waals surface area contributed by atoms with E-state index in [1.165, 1.54) is 18.2 Å². The van der Waals surface area contributed by atoms with E-state index in [1.54, 1.807) is 44.2 Å². The van der Waals surface area contributed by atoms with Gasteiger partial charge in [0.2, 0.25) is 0 Å². The van der Waals surface area contributed by atoms with Gasteiger partial charge in [0.25, 0.3) is 11.8 Å². The zero-order chi connectivity index (χ0) is 24.1. The summed E-state index contributed by atoms with van der Waals surface area (Å²) in [6.45, 7) is 5.56. The lowest BCUT2D eigenvalue weighted by atomic mass is 10.1. The average molecular weight is 471 g/mol. The molecule has 33 heavy (non-hydrogen) atoms. The predicted molar refractivity (Wildman–Crippen MR) is 123 cm³/mol. The maximum Gasteiger partial charge on any atom is 0.340 e. The van der Waals surface area contributed by atoms with Gasteiger partial charge in [-0.05, 0) is 50.6 Å². The van der Waals surface area contributed by atoms with Gasteiger partial charge in [0.15, 0.2) is 0 Å². The van der Waals surface area contributed by atoms with Crippen molar-refractivity contribution in [3.8, 4) is 0 Å². The number of esters is 2. The standard InChI is InChI=1S/C24H23ClN2O6/c1-4-12-32-23(30)15-8-7-9-16(13-15)26-20-19(25)21(28)27(22(20)29)18-11-6-5-10-17(18)24(31)33-14(2)3/h5-11,13-14,26H,4,12H2,1-3H3. The highest BCUT2D eigenvalue weighted by molar-refractivity contribution is 6.53. The number of benzene rings is 2. The topological polar surface area (TPSA) is 102 Å². The van der Waals surface area contributed by atoms with Crippen molar-refractivity contribution in [1.29, 1.82) is 0 Å². The Morgan fingerprint density at radius 3 is 2.45 bits per heavy atom. The second-order valence-electron chi connectivity index (χ2n) is 7.45. The van der Waals surface area contributed by atoms with Crippen molar-refractivity contribution in [2.24, 2.45) is 0 Å². The lowest BCUT2D eigenvalue weighted by molar-refractivity contribution is -0.120. The zero-order valence-corrected chi connectivity index (χ0v) is 19.1. The Kier molecular flexibility index (Phi) is 7.50. The van der Waals surface area contributed by atoms with Crippen LogP contribution in [0.5, 0.6) is 0 Å². The van der Waals surface area contributed by atoms with E-state index in [4.69, 9.17) is 21.1 Å². The van der Waals surface area contributed by atoms with Gasteiger partial charge in [-0.3, -0.25) is 9.59 Å². The fourth-order valence-electron chi connectivity index (χ4n) is 3.10. The van der Waals surface area contributed by atoms with Crippen LogP contribution in [0.25, 0.3) is 0 Å². The molecule has 2 aromatic rings. The first-order valence-corrected chi connectivity index (χ1v) is 10.7. The quantitative estimate of drug-likeness (QED) is 0.454. The van der Waals surface area contributed by atoms with Gasteiger partial charge in [0, 0.05) is 5.69 Å². The van der Waals surface area contributed by atoms with Gasteiger partial charge >= 0.3 is 11.9 Å². The smallest absolute Gasteiger partial charge is 0.340 e. The van der Waals surface area contributed by atoms with Crippen molar-refractivity contribution < 1.29 is 28.7 Å². The molecule has 8 nitrogen and oxygen atoms in total. The number of carbonyl (C=O) groups excluding carboxylic acids is 4. The molecule has 1 aliphatic rings. The van der Waals surface area contributed by atoms with E-state index in [0.29, 0.717) is 12.1 Å². The van der Waals surface area contributed by atoms with Crippen LogP contribution in [0, 0.1) is 0 Å². The Morgan fingerprint density at radius 2 is 1.76 bits per heavy atom. The number of hydrogen-bond acceptors (Lipinski definition) is 7. The van der Waals surface area contributed by atoms with Crippen LogP contribution in [0.15, 0.2) is 59.3 Å². The Morgan fingerprint density at radius 1 is 1.03 bits per heavy atom. The number of nitrogens with zero attached hydrogens (tertiary/aromatic N) is 1. The van der Waals surface area contributed by atoms with E-state index in [9.17, 15) is 19.2 Å². The number of nitrogens with one attached hydrogen (secondary N) is 1. The van der Waals surface area contributed by atoms with E-state index < -0.39 is 23.8 Å². The summed E-state index contributed by atoms with van der Waals surface area (Å²) in [7, 11) is 0. The summed E-state index contributed by atoms with van der Waals surface area (Å²) in [5, 5.41) is 2.47. The first kappa shape index (κ1) is 24.0. The number of ether oxygens (including phenoxy) is 2. The highest BCUT2D eigenvalue weighted by Crippen LogP contribution is 2.32. The largest absolute Gasteiger partial charge is 0.462 e. The summed E-state index contributed by atoms with van der Waals surface area (Å²) in [6.07, 6.45) is 0.302. The molecule has 0 spiro atoms. The Bertz CT molecular complexity index is 1140. The molecule has 0 aliphatic carbocycles. The number of para-hydroxylation sites is 1. The highest BCUT2D eigenvalue weighted by atomic mass is 35.5. The summed E-state index contributed by atoms with van der Waals surface area (Å²) in [6, 6.07) is 12.4. The van der Waals surface area contributed by atoms with Gasteiger partial charge in [-0.25, -0.2) is 14.5 Å². The minimum atomic E-state index is -0.785. The minimum Gasteiger partial charge on any atom is -0.462 e. The maximum atomic E-state index is 13.1. The van der Waals surface area contributed by atoms with Crippen LogP contribution in [-0.4, -0.2) is 36.5 Å². The van der Waals surface area contributed by atoms with Crippen LogP contribution < -0.4 is 10.2 Å². The normalized spacial score (nSPS) is 13.5. The van der Waals surface area contributed by atoms with Crippen LogP contribution in [0.3, 0.4) is 0 Å². The van der Waals surface area contributed by atoms with Crippen molar-refractivity contribution in [3.63, 3.8) is 0 Å². The van der Waals surface area contributed by atoms with Crippen molar-refractivity contribution in [3.05, 3.63) is 70.4 Å². The zero-order valence-electron chi connectivity index (χ0n) is 18.4. The summed E-state index contributed by atoms with van der Waals surface area (Å²) >= 11 is 6.20. The highest BCUT2D eigenvalue weighted by Gasteiger charge is 2.40. The Hall–Kier alpha value is -3.65. The fraction of sp³-hybridized carbons (Fsp3) is 0.250. The van der Waals surface area contributed by atoms with E-state index in [1.807, 2.05) is 6.92 Å². The lowest BCUT2D eigenvalue weighted by Crippen LogP contribution is -2.34. The molecular weight excluding hydrogens is 448 g/mol. The third kappa shape index (κ3) is 5.23. The molecule has 0 aromatic heterocycles. The molecular formula is C24H23ClN2O6. The molecule has 0 unspecified atom stereocenters. The van der Waals surface area contributed by atoms with Crippen molar-refractivity contribution in [1.82, 2.24) is 0 Å². The third-order valence-corrected chi connectivity index (χ3v) is 4.89. The summed E-state index contributed by atoms with van der Waals surface area (Å²) in [5.74, 6) is -2.70. The first-order valence-electron chi connectivity index (χ1n) is 10.4. The third-order valence-electron chi connectivity index (χ3n) is 4.54. The average Bonchev–Trinajstić information content (AvgIpc) is 3.00. The monoisotopic (exact) mass is 470 g/mol. The fourth-order valence-corrected chi connectivity index (χ4v) is 3.31. The summed E-state index contributed by atoms with van der Waals surface area (Å²) < 4.78 is 10.3. The van der Waals surface area contributed by atoms with Crippen LogP contribution in [0.2, 0.25) is 0 Å². The second-order valence-corrected chi connectivity index (χ2v) is 7.83. The molecule has 172 valence electrons. The molecule has 0 saturated heterocycles. The predicted octanol–water partition coefficient (Wildman–Crippen LogP) is 4.25. The van der Waals surface area contributed by atoms with Crippen LogP contribution in [-0.2, 0) is 19.1 Å². The minimum absolute atomic E-state index is 0.0549. The molecule has 2 amide bonds. The summed E-state index contributed by atoms with van der Waals surface area (Å²) in [5.41, 5.74) is 0.585. The SMILES string of the molecule is CCCOC(=O)c1cccc(NC2=C(Cl)C(=O)N(c3ccccc3C(=O)OC(C)C)C2=O)c1. The Balaban J connectivity index is 1.88. The molecule has 2 aromatic carbocycles. The molecule has 9 heteroatoms. The van der Waals surface area contributed by atoms with Crippen LogP contribution in [0.1, 0.15) is 47.9 Å². The lowest BCUT2D eigenvalue weighted by Gasteiger charge is -2.19. The number of rotatable bonds is 8. The van der Waals surface area contributed by atoms with Gasteiger partial charge < -0.3 is 14.8 Å². The number of anilines is 2. The van der Waals surface area contributed by atoms with Crippen molar-refractivity contribution >= 4 is 46.7 Å². The van der Waals surface area contributed by atoms with Crippen LogP contribution >= 0.6 is 11.6 Å². The molecule has 1 heterocycles. The molecule has 0 atom stereocenters. The van der Waals surface area contributed by atoms with Gasteiger partial charge in [-0.15, -0.1) is 0 Å². The Labute approximate surface area is 196 Å². The number of hydrogen-bond donors (Lipinski definition) is 1. The molecule has 1 aliphatic heterocycles. The number of carbonyl (C=O) groups is 4. The number of amides is 2. The molecule has 0 saturated carbocycles. The number of imide groups is 1. The van der Waals surface area contributed by atoms with Gasteiger partial charge in [0.05, 0.1) is 29.5 Å². The second kappa shape index (κ2) is 10.3. The van der Waals surface area contributed by atoms with Gasteiger partial charge in [-0.1, -0.05) is 36.7 Å². The molecule has 3 rings (SSSR count). The van der Waals surface area contributed by atoms with E-state index in [0.717, 1.165) is 4.90 Å². The summed E-state index contributed by atoms with van der Waals surface area (Å²) in [4.78, 5) is 51.4. The molecule has 0 radical (unpaired) electrons. The van der Waals surface area contributed by atoms with Gasteiger partial charge in [-0.2, -0.15) is 0 Å². The van der Waals surface area contributed by atoms with Crippen molar-refractivity contribution in [2.45, 2.75) is 33.3 Å². The van der Waals surface area contributed by atoms with E-state index >= 15 is 0 Å². The molecule has 0 fully saturated rings. The van der Waals surface area contributed by atoms with E-state index in [2.05, 4.69) is 5.32 Å². The first-order chi connectivity index (χ1) is 15.7. The van der Waals surface area contributed by atoms with Gasteiger partial charge in [0.1, 0.15) is 10.7 Å². The number of halogens is 1. The molecule has 0 bridgehead atoms. The van der Waals surface area contributed by atoms with Crippen molar-refractivity contribution in [2.75, 3.05) is 16.8 Å².